The van der Waals surface area contributed by atoms with Gasteiger partial charge in [-0.05, 0) is 36.4 Å². The zero-order chi connectivity index (χ0) is 15.0. The van der Waals surface area contributed by atoms with Crippen LogP contribution in [-0.2, 0) is 0 Å². The SMILES string of the molecule is Cl.N=C(N)c1ccc2nc(Nc3ccc(Cl)c(Cl)c3)[nH]c2c1. The second-order valence-corrected chi connectivity index (χ2v) is 5.30. The molecule has 0 radical (unpaired) electrons. The van der Waals surface area contributed by atoms with Crippen LogP contribution < -0.4 is 11.1 Å². The molecule has 1 aromatic heterocycles. The number of nitrogen functional groups attached to an aromatic ring is 1. The average molecular weight is 357 g/mol. The molecule has 0 saturated heterocycles. The van der Waals surface area contributed by atoms with E-state index in [1.807, 2.05) is 12.1 Å². The van der Waals surface area contributed by atoms with Crippen LogP contribution in [0.25, 0.3) is 11.0 Å². The van der Waals surface area contributed by atoms with Gasteiger partial charge in [-0.1, -0.05) is 23.2 Å². The first-order valence-corrected chi connectivity index (χ1v) is 6.85. The van der Waals surface area contributed by atoms with Crippen molar-refractivity contribution in [2.24, 2.45) is 5.73 Å². The maximum atomic E-state index is 7.44. The van der Waals surface area contributed by atoms with E-state index in [2.05, 4.69) is 15.3 Å². The summed E-state index contributed by atoms with van der Waals surface area (Å²) in [6.07, 6.45) is 0. The van der Waals surface area contributed by atoms with Gasteiger partial charge in [0.2, 0.25) is 5.95 Å². The molecule has 5 nitrogen and oxygen atoms in total. The molecule has 1 heterocycles. The fourth-order valence-corrected chi connectivity index (χ4v) is 2.25. The second-order valence-electron chi connectivity index (χ2n) is 4.48. The van der Waals surface area contributed by atoms with Crippen molar-refractivity contribution in [1.29, 1.82) is 5.41 Å². The largest absolute Gasteiger partial charge is 0.384 e. The van der Waals surface area contributed by atoms with Gasteiger partial charge in [0.1, 0.15) is 5.84 Å². The molecule has 0 aliphatic rings. The molecule has 2 aromatic carbocycles. The third kappa shape index (κ3) is 3.27. The molecule has 5 N–H and O–H groups in total. The third-order valence-corrected chi connectivity index (χ3v) is 3.71. The highest BCUT2D eigenvalue weighted by atomic mass is 35.5. The molecule has 0 aliphatic carbocycles. The molecule has 3 rings (SSSR count). The Morgan fingerprint density at radius 3 is 2.59 bits per heavy atom. The van der Waals surface area contributed by atoms with Crippen molar-refractivity contribution in [3.05, 3.63) is 52.0 Å². The van der Waals surface area contributed by atoms with Crippen LogP contribution in [-0.4, -0.2) is 15.8 Å². The number of hydrogen-bond donors (Lipinski definition) is 4. The number of aromatic nitrogens is 2. The standard InChI is InChI=1S/C14H11Cl2N5.ClH/c15-9-3-2-8(6-10(9)16)19-14-20-11-4-1-7(13(17)18)5-12(11)21-14;/h1-6H,(H3,17,18)(H2,19,20,21);1H. The summed E-state index contributed by atoms with van der Waals surface area (Å²) in [5.41, 5.74) is 8.47. The molecular formula is C14H12Cl3N5. The lowest BCUT2D eigenvalue weighted by molar-refractivity contribution is 1.31. The molecule has 0 fully saturated rings. The lowest BCUT2D eigenvalue weighted by atomic mass is 10.2. The van der Waals surface area contributed by atoms with Gasteiger partial charge < -0.3 is 16.0 Å². The number of amidine groups is 1. The fraction of sp³-hybridized carbons (Fsp3) is 0. The molecular weight excluding hydrogens is 345 g/mol. The van der Waals surface area contributed by atoms with Crippen LogP contribution >= 0.6 is 35.6 Å². The Morgan fingerprint density at radius 1 is 1.14 bits per heavy atom. The van der Waals surface area contributed by atoms with E-state index in [-0.39, 0.29) is 18.2 Å². The van der Waals surface area contributed by atoms with Crippen molar-refractivity contribution < 1.29 is 0 Å². The van der Waals surface area contributed by atoms with Gasteiger partial charge in [0.05, 0.1) is 21.1 Å². The Labute approximate surface area is 142 Å². The number of nitrogens with one attached hydrogen (secondary N) is 3. The molecule has 8 heteroatoms. The molecule has 0 spiro atoms. The number of anilines is 2. The Morgan fingerprint density at radius 2 is 1.91 bits per heavy atom. The lowest BCUT2D eigenvalue weighted by Gasteiger charge is -2.03. The quantitative estimate of drug-likeness (QED) is 0.416. The zero-order valence-electron chi connectivity index (χ0n) is 11.2. The van der Waals surface area contributed by atoms with E-state index in [4.69, 9.17) is 34.3 Å². The van der Waals surface area contributed by atoms with E-state index in [0.717, 1.165) is 16.7 Å². The minimum atomic E-state index is 0. The summed E-state index contributed by atoms with van der Waals surface area (Å²) >= 11 is 11.9. The van der Waals surface area contributed by atoms with Crippen LogP contribution in [0.4, 0.5) is 11.6 Å². The summed E-state index contributed by atoms with van der Waals surface area (Å²) in [4.78, 5) is 7.53. The lowest BCUT2D eigenvalue weighted by Crippen LogP contribution is -2.10. The van der Waals surface area contributed by atoms with Gasteiger partial charge in [0, 0.05) is 11.3 Å². The first-order valence-electron chi connectivity index (χ1n) is 6.09. The van der Waals surface area contributed by atoms with Gasteiger partial charge in [0.15, 0.2) is 0 Å². The van der Waals surface area contributed by atoms with Crippen molar-refractivity contribution in [3.8, 4) is 0 Å². The number of halogens is 3. The van der Waals surface area contributed by atoms with Crippen molar-refractivity contribution >= 4 is 64.1 Å². The average Bonchev–Trinajstić information content (AvgIpc) is 2.84. The highest BCUT2D eigenvalue weighted by Gasteiger charge is 2.06. The number of imidazole rings is 1. The van der Waals surface area contributed by atoms with E-state index < -0.39 is 0 Å². The normalized spacial score (nSPS) is 10.3. The number of aromatic amines is 1. The van der Waals surface area contributed by atoms with Gasteiger partial charge in [-0.2, -0.15) is 0 Å². The molecule has 114 valence electrons. The van der Waals surface area contributed by atoms with E-state index in [0.29, 0.717) is 21.6 Å². The van der Waals surface area contributed by atoms with Gasteiger partial charge in [0.25, 0.3) is 0 Å². The number of rotatable bonds is 3. The maximum Gasteiger partial charge on any atom is 0.205 e. The number of H-pyrrole nitrogens is 1. The zero-order valence-corrected chi connectivity index (χ0v) is 13.5. The summed E-state index contributed by atoms with van der Waals surface area (Å²) < 4.78 is 0. The summed E-state index contributed by atoms with van der Waals surface area (Å²) in [6, 6.07) is 10.6. The van der Waals surface area contributed by atoms with E-state index in [1.54, 1.807) is 24.3 Å². The minimum Gasteiger partial charge on any atom is -0.384 e. The molecule has 0 amide bonds. The third-order valence-electron chi connectivity index (χ3n) is 2.98. The number of fused-ring (bicyclic) bond motifs is 1. The first kappa shape index (κ1) is 16.4. The smallest absolute Gasteiger partial charge is 0.205 e. The second kappa shape index (κ2) is 6.44. The van der Waals surface area contributed by atoms with Crippen LogP contribution in [0.3, 0.4) is 0 Å². The van der Waals surface area contributed by atoms with Gasteiger partial charge >= 0.3 is 0 Å². The van der Waals surface area contributed by atoms with E-state index in [9.17, 15) is 0 Å². The van der Waals surface area contributed by atoms with Crippen molar-refractivity contribution in [3.63, 3.8) is 0 Å². The summed E-state index contributed by atoms with van der Waals surface area (Å²) in [5.74, 6) is 0.592. The molecule has 3 aromatic rings. The fourth-order valence-electron chi connectivity index (χ4n) is 1.95. The number of benzene rings is 2. The van der Waals surface area contributed by atoms with E-state index in [1.165, 1.54) is 0 Å². The number of nitrogens with two attached hydrogens (primary N) is 1. The van der Waals surface area contributed by atoms with E-state index >= 15 is 0 Å². The van der Waals surface area contributed by atoms with Gasteiger partial charge in [-0.25, -0.2) is 4.98 Å². The Kier molecular flexibility index (Phi) is 4.81. The van der Waals surface area contributed by atoms with Crippen LogP contribution in [0.1, 0.15) is 5.56 Å². The monoisotopic (exact) mass is 355 g/mol. The molecule has 22 heavy (non-hydrogen) atoms. The van der Waals surface area contributed by atoms with Gasteiger partial charge in [-0.15, -0.1) is 12.4 Å². The molecule has 0 bridgehead atoms. The predicted octanol–water partition coefficient (Wildman–Crippen LogP) is 4.32. The maximum absolute atomic E-state index is 7.44. The molecule has 0 aliphatic heterocycles. The van der Waals surface area contributed by atoms with Crippen LogP contribution in [0.15, 0.2) is 36.4 Å². The molecule has 0 atom stereocenters. The summed E-state index contributed by atoms with van der Waals surface area (Å²) in [5, 5.41) is 11.5. The Hall–Kier alpha value is -1.95. The van der Waals surface area contributed by atoms with Crippen molar-refractivity contribution in [2.45, 2.75) is 0 Å². The molecule has 0 unspecified atom stereocenters. The van der Waals surface area contributed by atoms with Crippen molar-refractivity contribution in [1.82, 2.24) is 9.97 Å². The first-order chi connectivity index (χ1) is 10.0. The Balaban J connectivity index is 0.00000176. The summed E-state index contributed by atoms with van der Waals surface area (Å²) in [7, 11) is 0. The highest BCUT2D eigenvalue weighted by Crippen LogP contribution is 2.27. The number of hydrogen-bond acceptors (Lipinski definition) is 3. The van der Waals surface area contributed by atoms with Crippen LogP contribution in [0.5, 0.6) is 0 Å². The van der Waals surface area contributed by atoms with Crippen LogP contribution in [0, 0.1) is 5.41 Å². The Bertz CT molecular complexity index is 844. The van der Waals surface area contributed by atoms with Crippen LogP contribution in [0.2, 0.25) is 10.0 Å². The summed E-state index contributed by atoms with van der Waals surface area (Å²) in [6.45, 7) is 0. The number of nitrogens with zero attached hydrogens (tertiary/aromatic N) is 1. The van der Waals surface area contributed by atoms with Gasteiger partial charge in [-0.3, -0.25) is 5.41 Å². The topological polar surface area (TPSA) is 90.6 Å². The molecule has 0 saturated carbocycles. The minimum absolute atomic E-state index is 0. The van der Waals surface area contributed by atoms with Crippen molar-refractivity contribution in [2.75, 3.05) is 5.32 Å². The highest BCUT2D eigenvalue weighted by molar-refractivity contribution is 6.42. The predicted molar refractivity (Wildman–Crippen MR) is 94.1 cm³/mol.